The molecule has 0 saturated carbocycles. The maximum absolute atomic E-state index is 12.1. The monoisotopic (exact) mass is 326 g/mol. The molecule has 110 valence electrons. The Morgan fingerprint density at radius 3 is 2.67 bits per heavy atom. The van der Waals surface area contributed by atoms with E-state index in [1.165, 1.54) is 20.4 Å². The van der Waals surface area contributed by atoms with Gasteiger partial charge in [0.2, 0.25) is 0 Å². The lowest BCUT2D eigenvalue weighted by Crippen LogP contribution is -2.27. The first-order valence-corrected chi connectivity index (χ1v) is 6.59. The van der Waals surface area contributed by atoms with E-state index in [1.807, 2.05) is 0 Å². The quantitative estimate of drug-likeness (QED) is 0.877. The highest BCUT2D eigenvalue weighted by molar-refractivity contribution is 6.42. The van der Waals surface area contributed by atoms with Gasteiger partial charge in [-0.05, 0) is 12.1 Å². The van der Waals surface area contributed by atoms with Crippen molar-refractivity contribution in [3.8, 4) is 11.3 Å². The van der Waals surface area contributed by atoms with Gasteiger partial charge in [0.25, 0.3) is 5.91 Å². The number of halogens is 2. The first-order valence-electron chi connectivity index (χ1n) is 5.84. The zero-order valence-corrected chi connectivity index (χ0v) is 12.8. The second kappa shape index (κ2) is 6.26. The Labute approximate surface area is 131 Å². The molecule has 0 aliphatic heterocycles. The summed E-state index contributed by atoms with van der Waals surface area (Å²) in [5, 5.41) is 1.83. The van der Waals surface area contributed by atoms with Crippen molar-refractivity contribution in [2.24, 2.45) is 0 Å². The molecule has 21 heavy (non-hydrogen) atoms. The van der Waals surface area contributed by atoms with E-state index in [4.69, 9.17) is 33.8 Å². The molecule has 1 heterocycles. The Balaban J connectivity index is 2.47. The molecule has 0 saturated heterocycles. The summed E-state index contributed by atoms with van der Waals surface area (Å²) in [5.41, 5.74) is 6.82. The van der Waals surface area contributed by atoms with Crippen molar-refractivity contribution in [1.29, 1.82) is 0 Å². The Bertz CT molecular complexity index is 694. The Kier molecular flexibility index (Phi) is 4.62. The van der Waals surface area contributed by atoms with Crippen LogP contribution in [0, 0.1) is 0 Å². The van der Waals surface area contributed by atoms with Gasteiger partial charge in [0.1, 0.15) is 0 Å². The standard InChI is InChI=1S/C13H12Cl2N4O2/c1-19(21-2)13(20)11-12(16)17-6-10(18-11)7-3-4-8(14)9(15)5-7/h3-6H,1-2H3,(H2,16,17). The number of anilines is 1. The van der Waals surface area contributed by atoms with Gasteiger partial charge in [0.05, 0.1) is 29.0 Å². The minimum atomic E-state index is -0.496. The van der Waals surface area contributed by atoms with Gasteiger partial charge in [0.15, 0.2) is 11.5 Å². The summed E-state index contributed by atoms with van der Waals surface area (Å²) >= 11 is 11.8. The van der Waals surface area contributed by atoms with Crippen LogP contribution in [0.15, 0.2) is 24.4 Å². The SMILES string of the molecule is CON(C)C(=O)c1nc(-c2ccc(Cl)c(Cl)c2)cnc1N. The number of nitrogens with zero attached hydrogens (tertiary/aromatic N) is 3. The fourth-order valence-corrected chi connectivity index (χ4v) is 1.88. The van der Waals surface area contributed by atoms with Gasteiger partial charge in [-0.1, -0.05) is 29.3 Å². The van der Waals surface area contributed by atoms with Crippen LogP contribution in [0.5, 0.6) is 0 Å². The number of carbonyl (C=O) groups is 1. The zero-order chi connectivity index (χ0) is 15.6. The van der Waals surface area contributed by atoms with Gasteiger partial charge in [0, 0.05) is 12.6 Å². The van der Waals surface area contributed by atoms with Crippen LogP contribution in [-0.2, 0) is 4.84 Å². The van der Waals surface area contributed by atoms with E-state index in [2.05, 4.69) is 9.97 Å². The summed E-state index contributed by atoms with van der Waals surface area (Å²) in [5.74, 6) is -0.475. The zero-order valence-electron chi connectivity index (χ0n) is 11.3. The molecule has 8 heteroatoms. The molecular formula is C13H12Cl2N4O2. The number of hydroxylamine groups is 2. The second-order valence-corrected chi connectivity index (χ2v) is 4.92. The van der Waals surface area contributed by atoms with Gasteiger partial charge in [-0.3, -0.25) is 9.63 Å². The lowest BCUT2D eigenvalue weighted by Gasteiger charge is -2.14. The molecule has 0 atom stereocenters. The minimum absolute atomic E-state index is 0.00271. The van der Waals surface area contributed by atoms with Crippen molar-refractivity contribution in [3.05, 3.63) is 40.1 Å². The number of amides is 1. The average molecular weight is 327 g/mol. The third kappa shape index (κ3) is 3.24. The summed E-state index contributed by atoms with van der Waals surface area (Å²) < 4.78 is 0. The summed E-state index contributed by atoms with van der Waals surface area (Å²) in [6, 6.07) is 5.00. The van der Waals surface area contributed by atoms with Gasteiger partial charge in [-0.2, -0.15) is 0 Å². The van der Waals surface area contributed by atoms with Crippen LogP contribution < -0.4 is 5.73 Å². The van der Waals surface area contributed by atoms with Crippen molar-refractivity contribution in [1.82, 2.24) is 15.0 Å². The van der Waals surface area contributed by atoms with Gasteiger partial charge in [-0.25, -0.2) is 15.0 Å². The summed E-state index contributed by atoms with van der Waals surface area (Å²) in [4.78, 5) is 25.1. The van der Waals surface area contributed by atoms with Crippen molar-refractivity contribution in [2.45, 2.75) is 0 Å². The molecule has 2 aromatic rings. The molecule has 2 N–H and O–H groups in total. The normalized spacial score (nSPS) is 10.5. The van der Waals surface area contributed by atoms with Crippen LogP contribution in [0.25, 0.3) is 11.3 Å². The third-order valence-corrected chi connectivity index (χ3v) is 3.52. The molecule has 0 radical (unpaired) electrons. The van der Waals surface area contributed by atoms with E-state index in [9.17, 15) is 4.79 Å². The molecule has 1 amide bonds. The van der Waals surface area contributed by atoms with E-state index in [1.54, 1.807) is 18.2 Å². The average Bonchev–Trinajstić information content (AvgIpc) is 2.49. The van der Waals surface area contributed by atoms with Gasteiger partial charge >= 0.3 is 0 Å². The van der Waals surface area contributed by atoms with Gasteiger partial charge < -0.3 is 5.73 Å². The summed E-state index contributed by atoms with van der Waals surface area (Å²) in [6.45, 7) is 0. The molecule has 0 aliphatic rings. The number of hydrogen-bond donors (Lipinski definition) is 1. The smallest absolute Gasteiger partial charge is 0.299 e. The van der Waals surface area contributed by atoms with Crippen LogP contribution in [0.3, 0.4) is 0 Å². The molecule has 2 rings (SSSR count). The Morgan fingerprint density at radius 1 is 1.33 bits per heavy atom. The maximum Gasteiger partial charge on any atom is 0.299 e. The topological polar surface area (TPSA) is 81.3 Å². The Morgan fingerprint density at radius 2 is 2.05 bits per heavy atom. The van der Waals surface area contributed by atoms with Crippen LogP contribution >= 0.6 is 23.2 Å². The van der Waals surface area contributed by atoms with Crippen molar-refractivity contribution in [2.75, 3.05) is 19.9 Å². The third-order valence-electron chi connectivity index (χ3n) is 2.78. The van der Waals surface area contributed by atoms with Crippen molar-refractivity contribution < 1.29 is 9.63 Å². The summed E-state index contributed by atoms with van der Waals surface area (Å²) in [7, 11) is 2.82. The second-order valence-electron chi connectivity index (χ2n) is 4.10. The fourth-order valence-electron chi connectivity index (χ4n) is 1.58. The van der Waals surface area contributed by atoms with Gasteiger partial charge in [-0.15, -0.1) is 0 Å². The first kappa shape index (κ1) is 15.5. The largest absolute Gasteiger partial charge is 0.382 e. The molecule has 1 aromatic carbocycles. The highest BCUT2D eigenvalue weighted by Crippen LogP contribution is 2.28. The summed E-state index contributed by atoms with van der Waals surface area (Å²) in [6.07, 6.45) is 1.46. The highest BCUT2D eigenvalue weighted by Gasteiger charge is 2.19. The lowest BCUT2D eigenvalue weighted by atomic mass is 10.1. The molecule has 0 unspecified atom stereocenters. The molecular weight excluding hydrogens is 315 g/mol. The molecule has 0 spiro atoms. The molecule has 1 aromatic heterocycles. The van der Waals surface area contributed by atoms with Crippen molar-refractivity contribution >= 4 is 34.9 Å². The highest BCUT2D eigenvalue weighted by atomic mass is 35.5. The minimum Gasteiger partial charge on any atom is -0.382 e. The fraction of sp³-hybridized carbons (Fsp3) is 0.154. The van der Waals surface area contributed by atoms with Crippen molar-refractivity contribution in [3.63, 3.8) is 0 Å². The number of aromatic nitrogens is 2. The predicted octanol–water partition coefficient (Wildman–Crippen LogP) is 2.67. The van der Waals surface area contributed by atoms with Crippen LogP contribution in [0.4, 0.5) is 5.82 Å². The Hall–Kier alpha value is -1.89. The van der Waals surface area contributed by atoms with E-state index in [-0.39, 0.29) is 11.5 Å². The first-order chi connectivity index (χ1) is 9.93. The number of benzene rings is 1. The number of nitrogen functional groups attached to an aromatic ring is 1. The molecule has 6 nitrogen and oxygen atoms in total. The van der Waals surface area contributed by atoms with E-state index < -0.39 is 5.91 Å². The lowest BCUT2D eigenvalue weighted by molar-refractivity contribution is -0.0759. The van der Waals surface area contributed by atoms with Crippen LogP contribution in [0.2, 0.25) is 10.0 Å². The number of nitrogens with two attached hydrogens (primary N) is 1. The van der Waals surface area contributed by atoms with E-state index >= 15 is 0 Å². The maximum atomic E-state index is 12.1. The molecule has 0 aliphatic carbocycles. The number of hydrogen-bond acceptors (Lipinski definition) is 5. The number of carbonyl (C=O) groups excluding carboxylic acids is 1. The van der Waals surface area contributed by atoms with E-state index in [0.29, 0.717) is 21.3 Å². The van der Waals surface area contributed by atoms with E-state index in [0.717, 1.165) is 5.06 Å². The molecule has 0 fully saturated rings. The van der Waals surface area contributed by atoms with Crippen LogP contribution in [0.1, 0.15) is 10.5 Å². The molecule has 0 bridgehead atoms. The van der Waals surface area contributed by atoms with Crippen LogP contribution in [-0.4, -0.2) is 35.1 Å². The number of rotatable bonds is 3. The predicted molar refractivity (Wildman–Crippen MR) is 81.0 cm³/mol.